The highest BCUT2D eigenvalue weighted by Gasteiger charge is 2.19. The lowest BCUT2D eigenvalue weighted by molar-refractivity contribution is 0.403. The quantitative estimate of drug-likeness (QED) is 0.333. The zero-order valence-corrected chi connectivity index (χ0v) is 14.0. The summed E-state index contributed by atoms with van der Waals surface area (Å²) in [5, 5.41) is 0. The topological polar surface area (TPSA) is 26.0 Å². The summed E-state index contributed by atoms with van der Waals surface area (Å²) in [5.74, 6) is 2.00. The Balaban J connectivity index is 2.09. The molecular formula is C19H37N. The number of hydrogen-bond acceptors (Lipinski definition) is 1. The summed E-state index contributed by atoms with van der Waals surface area (Å²) in [6.07, 6.45) is 19.0. The summed E-state index contributed by atoms with van der Waals surface area (Å²) >= 11 is 0. The summed E-state index contributed by atoms with van der Waals surface area (Å²) in [6.45, 7) is 5.54. The maximum atomic E-state index is 5.55. The third-order valence-electron chi connectivity index (χ3n) is 4.90. The Hall–Kier alpha value is -0.300. The van der Waals surface area contributed by atoms with E-state index >= 15 is 0 Å². The second kappa shape index (κ2) is 11.4. The lowest BCUT2D eigenvalue weighted by Crippen LogP contribution is -2.02. The van der Waals surface area contributed by atoms with Gasteiger partial charge in [0, 0.05) is 0 Å². The lowest BCUT2D eigenvalue weighted by atomic mass is 9.91. The lowest BCUT2D eigenvalue weighted by Gasteiger charge is -2.15. The first-order valence-corrected chi connectivity index (χ1v) is 9.18. The molecule has 1 rings (SSSR count). The molecule has 0 heterocycles. The van der Waals surface area contributed by atoms with Crippen LogP contribution in [0.25, 0.3) is 0 Å². The predicted molar refractivity (Wildman–Crippen MR) is 90.9 cm³/mol. The number of hydrogen-bond donors (Lipinski definition) is 1. The number of rotatable bonds is 13. The smallest absolute Gasteiger partial charge is 0.00773 e. The molecule has 20 heavy (non-hydrogen) atoms. The molecule has 1 atom stereocenters. The molecule has 1 aliphatic rings. The molecule has 0 bridgehead atoms. The molecule has 0 spiro atoms. The Bertz CT molecular complexity index is 252. The van der Waals surface area contributed by atoms with Gasteiger partial charge in [0.1, 0.15) is 0 Å². The highest BCUT2D eigenvalue weighted by molar-refractivity contribution is 5.03. The molecule has 0 amide bonds. The molecule has 118 valence electrons. The van der Waals surface area contributed by atoms with Crippen LogP contribution in [0.5, 0.6) is 0 Å². The van der Waals surface area contributed by atoms with Crippen LogP contribution in [0.1, 0.15) is 90.9 Å². The van der Waals surface area contributed by atoms with Gasteiger partial charge in [0.05, 0.1) is 0 Å². The molecule has 0 aromatic carbocycles. The molecule has 1 unspecified atom stereocenters. The zero-order chi connectivity index (χ0) is 14.6. The molecule has 2 N–H and O–H groups in total. The van der Waals surface area contributed by atoms with Crippen molar-refractivity contribution < 1.29 is 0 Å². The average Bonchev–Trinajstić information content (AvgIpc) is 3.29. The monoisotopic (exact) mass is 279 g/mol. The van der Waals surface area contributed by atoms with Gasteiger partial charge in [-0.1, -0.05) is 57.6 Å². The molecule has 1 nitrogen and oxygen atoms in total. The Kier molecular flexibility index (Phi) is 10.1. The van der Waals surface area contributed by atoms with Crippen molar-refractivity contribution in [2.75, 3.05) is 6.54 Å². The van der Waals surface area contributed by atoms with Crippen LogP contribution in [0.3, 0.4) is 0 Å². The fourth-order valence-corrected chi connectivity index (χ4v) is 3.03. The highest BCUT2D eigenvalue weighted by Crippen LogP contribution is 2.33. The van der Waals surface area contributed by atoms with Crippen molar-refractivity contribution in [3.8, 4) is 0 Å². The van der Waals surface area contributed by atoms with Crippen LogP contribution in [0.4, 0.5) is 0 Å². The van der Waals surface area contributed by atoms with E-state index in [0.29, 0.717) is 0 Å². The number of allylic oxidation sites excluding steroid dienone is 2. The molecular weight excluding hydrogens is 242 g/mol. The second-order valence-electron chi connectivity index (χ2n) is 6.70. The minimum Gasteiger partial charge on any atom is -0.330 e. The van der Waals surface area contributed by atoms with E-state index in [0.717, 1.165) is 18.4 Å². The highest BCUT2D eigenvalue weighted by atomic mass is 14.5. The molecule has 0 aromatic rings. The standard InChI is InChI=1S/C19H37N/c1-3-17(9-6-5-7-16-20)10-8-11-18(4-2)12-13-19-14-15-19/h12,17,19H,3-11,13-16,20H2,1-2H3/b18-12+. The van der Waals surface area contributed by atoms with E-state index in [4.69, 9.17) is 5.73 Å². The molecule has 1 saturated carbocycles. The maximum absolute atomic E-state index is 5.55. The Labute approximate surface area is 127 Å². The van der Waals surface area contributed by atoms with Gasteiger partial charge in [-0.05, 0) is 63.3 Å². The van der Waals surface area contributed by atoms with Crippen LogP contribution in [0.15, 0.2) is 11.6 Å². The van der Waals surface area contributed by atoms with Gasteiger partial charge < -0.3 is 5.73 Å². The second-order valence-corrected chi connectivity index (χ2v) is 6.70. The van der Waals surface area contributed by atoms with Crippen molar-refractivity contribution in [2.45, 2.75) is 90.9 Å². The van der Waals surface area contributed by atoms with E-state index in [-0.39, 0.29) is 0 Å². The first kappa shape index (κ1) is 17.8. The maximum Gasteiger partial charge on any atom is -0.00773 e. The van der Waals surface area contributed by atoms with E-state index in [1.807, 2.05) is 0 Å². The normalized spacial score (nSPS) is 17.4. The summed E-state index contributed by atoms with van der Waals surface area (Å²) in [4.78, 5) is 0. The average molecular weight is 280 g/mol. The van der Waals surface area contributed by atoms with Crippen LogP contribution in [-0.4, -0.2) is 6.54 Å². The van der Waals surface area contributed by atoms with Gasteiger partial charge in [0.25, 0.3) is 0 Å². The fourth-order valence-electron chi connectivity index (χ4n) is 3.03. The summed E-state index contributed by atoms with van der Waals surface area (Å²) < 4.78 is 0. The van der Waals surface area contributed by atoms with Crippen LogP contribution in [-0.2, 0) is 0 Å². The van der Waals surface area contributed by atoms with Crippen LogP contribution in [0.2, 0.25) is 0 Å². The predicted octanol–water partition coefficient (Wildman–Crippen LogP) is 5.84. The van der Waals surface area contributed by atoms with Crippen molar-refractivity contribution in [1.82, 2.24) is 0 Å². The summed E-state index contributed by atoms with van der Waals surface area (Å²) in [6, 6.07) is 0. The van der Waals surface area contributed by atoms with Gasteiger partial charge in [0.15, 0.2) is 0 Å². The third-order valence-corrected chi connectivity index (χ3v) is 4.90. The Morgan fingerprint density at radius 1 is 1.10 bits per heavy atom. The molecule has 0 aliphatic heterocycles. The van der Waals surface area contributed by atoms with Gasteiger partial charge in [-0.15, -0.1) is 0 Å². The minimum atomic E-state index is 0.864. The van der Waals surface area contributed by atoms with E-state index in [9.17, 15) is 0 Å². The summed E-state index contributed by atoms with van der Waals surface area (Å²) in [7, 11) is 0. The first-order chi connectivity index (χ1) is 9.80. The van der Waals surface area contributed by atoms with Gasteiger partial charge in [-0.2, -0.15) is 0 Å². The molecule has 1 fully saturated rings. The van der Waals surface area contributed by atoms with Gasteiger partial charge >= 0.3 is 0 Å². The number of unbranched alkanes of at least 4 members (excludes halogenated alkanes) is 2. The largest absolute Gasteiger partial charge is 0.330 e. The van der Waals surface area contributed by atoms with E-state index < -0.39 is 0 Å². The van der Waals surface area contributed by atoms with Crippen molar-refractivity contribution in [3.05, 3.63) is 11.6 Å². The molecule has 0 saturated heterocycles. The number of nitrogens with two attached hydrogens (primary N) is 1. The van der Waals surface area contributed by atoms with Crippen LogP contribution in [0, 0.1) is 11.8 Å². The minimum absolute atomic E-state index is 0.864. The van der Waals surface area contributed by atoms with Crippen molar-refractivity contribution in [3.63, 3.8) is 0 Å². The SMILES string of the molecule is CC/C(=C\CC1CC1)CCCC(CC)CCCCCN. The van der Waals surface area contributed by atoms with Crippen LogP contribution >= 0.6 is 0 Å². The molecule has 1 aliphatic carbocycles. The van der Waals surface area contributed by atoms with Crippen molar-refractivity contribution >= 4 is 0 Å². The first-order valence-electron chi connectivity index (χ1n) is 9.18. The molecule has 0 radical (unpaired) electrons. The van der Waals surface area contributed by atoms with Gasteiger partial charge in [-0.3, -0.25) is 0 Å². The summed E-state index contributed by atoms with van der Waals surface area (Å²) in [5.41, 5.74) is 7.27. The molecule has 0 aromatic heterocycles. The van der Waals surface area contributed by atoms with Crippen molar-refractivity contribution in [1.29, 1.82) is 0 Å². The van der Waals surface area contributed by atoms with Gasteiger partial charge in [-0.25, -0.2) is 0 Å². The van der Waals surface area contributed by atoms with E-state index in [1.165, 1.54) is 77.0 Å². The van der Waals surface area contributed by atoms with Crippen molar-refractivity contribution in [2.24, 2.45) is 17.6 Å². The Morgan fingerprint density at radius 3 is 2.45 bits per heavy atom. The van der Waals surface area contributed by atoms with Crippen LogP contribution < -0.4 is 5.73 Å². The van der Waals surface area contributed by atoms with E-state index in [1.54, 1.807) is 5.57 Å². The third kappa shape index (κ3) is 8.79. The molecule has 1 heteroatoms. The van der Waals surface area contributed by atoms with E-state index in [2.05, 4.69) is 19.9 Å². The fraction of sp³-hybridized carbons (Fsp3) is 0.895. The van der Waals surface area contributed by atoms with Gasteiger partial charge in [0.2, 0.25) is 0 Å². The Morgan fingerprint density at radius 2 is 1.85 bits per heavy atom. The zero-order valence-electron chi connectivity index (χ0n) is 14.0.